The fourth-order valence-electron chi connectivity index (χ4n) is 2.87. The first-order valence-electron chi connectivity index (χ1n) is 7.96. The number of hydrogen-bond donors (Lipinski definition) is 1. The second kappa shape index (κ2) is 8.03. The van der Waals surface area contributed by atoms with Crippen molar-refractivity contribution in [2.45, 2.75) is 31.7 Å². The van der Waals surface area contributed by atoms with Crippen LogP contribution in [-0.2, 0) is 0 Å². The summed E-state index contributed by atoms with van der Waals surface area (Å²) in [6.07, 6.45) is 4.66. The number of hydrogen-bond acceptors (Lipinski definition) is 3. The Morgan fingerprint density at radius 3 is 2.64 bits per heavy atom. The number of carbonyl (C=O) groups excluding carboxylic acids is 1. The van der Waals surface area contributed by atoms with E-state index in [2.05, 4.69) is 10.2 Å². The number of urea groups is 1. The summed E-state index contributed by atoms with van der Waals surface area (Å²) < 4.78 is 5.20. The highest BCUT2D eigenvalue weighted by atomic mass is 16.5. The molecule has 0 aromatic heterocycles. The Balaban J connectivity index is 2.03. The minimum atomic E-state index is -0.0120. The van der Waals surface area contributed by atoms with E-state index < -0.39 is 0 Å². The minimum Gasteiger partial charge on any atom is -0.497 e. The Labute approximate surface area is 133 Å². The molecular weight excluding hydrogens is 278 g/mol. The fourth-order valence-corrected chi connectivity index (χ4v) is 2.87. The molecular formula is C17H27N3O2. The van der Waals surface area contributed by atoms with Crippen molar-refractivity contribution in [1.82, 2.24) is 9.80 Å². The summed E-state index contributed by atoms with van der Waals surface area (Å²) in [5, 5.41) is 3.01. The maximum Gasteiger partial charge on any atom is 0.322 e. The predicted octanol–water partition coefficient (Wildman–Crippen LogP) is 3.03. The third-order valence-corrected chi connectivity index (χ3v) is 4.14. The lowest BCUT2D eigenvalue weighted by Gasteiger charge is -2.30. The highest BCUT2D eigenvalue weighted by molar-refractivity contribution is 5.89. The van der Waals surface area contributed by atoms with E-state index in [1.807, 2.05) is 43.3 Å². The second-order valence-corrected chi connectivity index (χ2v) is 6.10. The van der Waals surface area contributed by atoms with Gasteiger partial charge in [-0.3, -0.25) is 0 Å². The Morgan fingerprint density at radius 1 is 1.27 bits per heavy atom. The molecule has 0 radical (unpaired) electrons. The zero-order valence-corrected chi connectivity index (χ0v) is 13.8. The van der Waals surface area contributed by atoms with Crippen LogP contribution in [-0.4, -0.2) is 56.2 Å². The van der Waals surface area contributed by atoms with Crippen LogP contribution in [0, 0.1) is 0 Å². The molecule has 1 saturated carbocycles. The van der Waals surface area contributed by atoms with Gasteiger partial charge in [0, 0.05) is 30.9 Å². The van der Waals surface area contributed by atoms with E-state index in [9.17, 15) is 4.79 Å². The van der Waals surface area contributed by atoms with E-state index in [0.29, 0.717) is 6.04 Å². The highest BCUT2D eigenvalue weighted by Crippen LogP contribution is 2.24. The van der Waals surface area contributed by atoms with Gasteiger partial charge in [-0.25, -0.2) is 4.79 Å². The van der Waals surface area contributed by atoms with Gasteiger partial charge >= 0.3 is 6.03 Å². The fraction of sp³-hybridized carbons (Fsp3) is 0.588. The Morgan fingerprint density at radius 2 is 2.00 bits per heavy atom. The van der Waals surface area contributed by atoms with E-state index in [4.69, 9.17) is 4.74 Å². The Hall–Kier alpha value is -1.75. The average Bonchev–Trinajstić information content (AvgIpc) is 3.01. The zero-order chi connectivity index (χ0) is 15.9. The molecule has 2 amide bonds. The van der Waals surface area contributed by atoms with Gasteiger partial charge in [-0.2, -0.15) is 0 Å². The first kappa shape index (κ1) is 16.6. The largest absolute Gasteiger partial charge is 0.497 e. The first-order chi connectivity index (χ1) is 10.6. The summed E-state index contributed by atoms with van der Waals surface area (Å²) in [7, 11) is 5.70. The number of benzene rings is 1. The third kappa shape index (κ3) is 4.63. The molecule has 5 heteroatoms. The van der Waals surface area contributed by atoms with Gasteiger partial charge in [-0.05, 0) is 39.1 Å². The van der Waals surface area contributed by atoms with Gasteiger partial charge < -0.3 is 19.9 Å². The second-order valence-electron chi connectivity index (χ2n) is 6.10. The van der Waals surface area contributed by atoms with E-state index in [1.165, 1.54) is 12.8 Å². The maximum absolute atomic E-state index is 12.7. The number of ether oxygens (including phenoxy) is 1. The summed E-state index contributed by atoms with van der Waals surface area (Å²) in [5.74, 6) is 0.749. The Kier molecular flexibility index (Phi) is 6.07. The van der Waals surface area contributed by atoms with Crippen LogP contribution in [0.5, 0.6) is 5.75 Å². The number of nitrogens with zero attached hydrogens (tertiary/aromatic N) is 2. The molecule has 0 bridgehead atoms. The van der Waals surface area contributed by atoms with E-state index in [0.717, 1.165) is 37.4 Å². The van der Waals surface area contributed by atoms with E-state index >= 15 is 0 Å². The van der Waals surface area contributed by atoms with E-state index in [-0.39, 0.29) is 6.03 Å². The number of nitrogens with one attached hydrogen (secondary N) is 1. The maximum atomic E-state index is 12.7. The van der Waals surface area contributed by atoms with Crippen LogP contribution in [0.3, 0.4) is 0 Å². The molecule has 1 fully saturated rings. The molecule has 0 saturated heterocycles. The summed E-state index contributed by atoms with van der Waals surface area (Å²) in [6, 6.07) is 7.84. The predicted molar refractivity (Wildman–Crippen MR) is 89.5 cm³/mol. The van der Waals surface area contributed by atoms with Crippen LogP contribution >= 0.6 is 0 Å². The van der Waals surface area contributed by atoms with Crippen LogP contribution in [0.2, 0.25) is 0 Å². The third-order valence-electron chi connectivity index (χ3n) is 4.14. The molecule has 22 heavy (non-hydrogen) atoms. The van der Waals surface area contributed by atoms with Gasteiger partial charge in [0.15, 0.2) is 0 Å². The normalized spacial score (nSPS) is 15.1. The van der Waals surface area contributed by atoms with Crippen LogP contribution in [0.1, 0.15) is 25.7 Å². The quantitative estimate of drug-likeness (QED) is 0.878. The van der Waals surface area contributed by atoms with Crippen molar-refractivity contribution in [3.8, 4) is 5.75 Å². The summed E-state index contributed by atoms with van der Waals surface area (Å²) >= 11 is 0. The molecule has 2 rings (SSSR count). The summed E-state index contributed by atoms with van der Waals surface area (Å²) in [5.41, 5.74) is 0.775. The van der Waals surface area contributed by atoms with Gasteiger partial charge in [-0.1, -0.05) is 18.9 Å². The molecule has 0 unspecified atom stereocenters. The molecule has 122 valence electrons. The Bertz CT molecular complexity index is 485. The number of likely N-dealkylation sites (N-methyl/N-ethyl adjacent to an activating group) is 1. The van der Waals surface area contributed by atoms with Crippen molar-refractivity contribution in [2.75, 3.05) is 39.6 Å². The van der Waals surface area contributed by atoms with Gasteiger partial charge in [0.2, 0.25) is 0 Å². The lowest BCUT2D eigenvalue weighted by molar-refractivity contribution is 0.180. The minimum absolute atomic E-state index is 0.0120. The monoisotopic (exact) mass is 305 g/mol. The van der Waals surface area contributed by atoms with Crippen molar-refractivity contribution < 1.29 is 9.53 Å². The van der Waals surface area contributed by atoms with Crippen molar-refractivity contribution in [1.29, 1.82) is 0 Å². The molecule has 1 aliphatic rings. The molecule has 0 atom stereocenters. The van der Waals surface area contributed by atoms with Crippen molar-refractivity contribution in [2.24, 2.45) is 0 Å². The van der Waals surface area contributed by atoms with Gasteiger partial charge in [0.1, 0.15) is 5.75 Å². The van der Waals surface area contributed by atoms with Gasteiger partial charge in [0.05, 0.1) is 7.11 Å². The molecule has 1 aliphatic carbocycles. The number of rotatable bonds is 6. The van der Waals surface area contributed by atoms with Crippen molar-refractivity contribution in [3.63, 3.8) is 0 Å². The van der Waals surface area contributed by atoms with Crippen LogP contribution in [0.4, 0.5) is 10.5 Å². The summed E-state index contributed by atoms with van der Waals surface area (Å²) in [4.78, 5) is 16.8. The smallest absolute Gasteiger partial charge is 0.322 e. The lowest BCUT2D eigenvalue weighted by atomic mass is 10.2. The number of amides is 2. The lowest BCUT2D eigenvalue weighted by Crippen LogP contribution is -2.44. The number of methoxy groups -OCH3 is 1. The molecule has 1 aromatic rings. The van der Waals surface area contributed by atoms with Crippen LogP contribution < -0.4 is 10.1 Å². The topological polar surface area (TPSA) is 44.8 Å². The standard InChI is InChI=1S/C17H27N3O2/c1-19(2)11-12-20(15-8-4-5-9-15)17(21)18-14-7-6-10-16(13-14)22-3/h6-7,10,13,15H,4-5,8-9,11-12H2,1-3H3,(H,18,21). The molecule has 1 aromatic carbocycles. The molecule has 0 spiro atoms. The molecule has 5 nitrogen and oxygen atoms in total. The summed E-state index contributed by atoms with van der Waals surface area (Å²) in [6.45, 7) is 1.63. The molecule has 0 aliphatic heterocycles. The van der Waals surface area contributed by atoms with E-state index in [1.54, 1.807) is 7.11 Å². The average molecular weight is 305 g/mol. The number of carbonyl (C=O) groups is 1. The SMILES string of the molecule is COc1cccc(NC(=O)N(CCN(C)C)C2CCCC2)c1. The van der Waals surface area contributed by atoms with Crippen LogP contribution in [0.15, 0.2) is 24.3 Å². The highest BCUT2D eigenvalue weighted by Gasteiger charge is 2.26. The van der Waals surface area contributed by atoms with Crippen molar-refractivity contribution in [3.05, 3.63) is 24.3 Å². The van der Waals surface area contributed by atoms with Gasteiger partial charge in [0.25, 0.3) is 0 Å². The number of anilines is 1. The van der Waals surface area contributed by atoms with Crippen LogP contribution in [0.25, 0.3) is 0 Å². The van der Waals surface area contributed by atoms with Gasteiger partial charge in [-0.15, -0.1) is 0 Å². The van der Waals surface area contributed by atoms with Crippen molar-refractivity contribution >= 4 is 11.7 Å². The first-order valence-corrected chi connectivity index (χ1v) is 7.96. The molecule has 1 N–H and O–H groups in total. The zero-order valence-electron chi connectivity index (χ0n) is 13.8. The molecule has 0 heterocycles.